The van der Waals surface area contributed by atoms with Gasteiger partial charge in [-0.2, -0.15) is 0 Å². The zero-order valence-electron chi connectivity index (χ0n) is 10.4. The highest BCUT2D eigenvalue weighted by Gasteiger charge is 2.23. The molecule has 0 unspecified atom stereocenters. The molecule has 0 aliphatic carbocycles. The fourth-order valence-electron chi connectivity index (χ4n) is 1.68. The van der Waals surface area contributed by atoms with Crippen molar-refractivity contribution in [3.05, 3.63) is 34.3 Å². The van der Waals surface area contributed by atoms with Crippen LogP contribution in [0, 0.1) is 0 Å². The number of nitrogens with one attached hydrogen (secondary N) is 1. The lowest BCUT2D eigenvalue weighted by Crippen LogP contribution is -2.45. The minimum Gasteiger partial charge on any atom is -0.481 e. The lowest BCUT2D eigenvalue weighted by Gasteiger charge is -2.24. The van der Waals surface area contributed by atoms with Gasteiger partial charge in [-0.25, -0.2) is 0 Å². The predicted octanol–water partition coefficient (Wildman–Crippen LogP) is 2.36. The molecule has 18 heavy (non-hydrogen) atoms. The molecule has 0 spiro atoms. The van der Waals surface area contributed by atoms with Gasteiger partial charge in [0, 0.05) is 10.0 Å². The van der Waals surface area contributed by atoms with Crippen molar-refractivity contribution in [1.82, 2.24) is 5.32 Å². The summed E-state index contributed by atoms with van der Waals surface area (Å²) in [5, 5.41) is 11.5. The molecule has 0 saturated carbocycles. The zero-order chi connectivity index (χ0) is 13.8. The first kappa shape index (κ1) is 14.7. The van der Waals surface area contributed by atoms with Crippen LogP contribution in [0.3, 0.4) is 0 Å². The van der Waals surface area contributed by atoms with E-state index in [1.807, 2.05) is 24.3 Å². The van der Waals surface area contributed by atoms with Crippen molar-refractivity contribution >= 4 is 27.8 Å². The van der Waals surface area contributed by atoms with Gasteiger partial charge in [0.05, 0.1) is 12.8 Å². The zero-order valence-corrected chi connectivity index (χ0v) is 12.0. The molecule has 4 nitrogen and oxygen atoms in total. The number of amides is 1. The van der Waals surface area contributed by atoms with Crippen molar-refractivity contribution < 1.29 is 14.7 Å². The smallest absolute Gasteiger partial charge is 0.305 e. The number of hydrogen-bond donors (Lipinski definition) is 2. The van der Waals surface area contributed by atoms with E-state index < -0.39 is 11.5 Å². The number of carboxylic acid groups (broad SMARTS) is 1. The average Bonchev–Trinajstić information content (AvgIpc) is 2.13. The molecular formula is C13H16BrNO3. The third-order valence-corrected chi connectivity index (χ3v) is 2.82. The van der Waals surface area contributed by atoms with Gasteiger partial charge in [0.15, 0.2) is 0 Å². The standard InChI is InChI=1S/C13H16BrNO3/c1-13(2,8-12(17)18)15-11(16)7-9-4-3-5-10(14)6-9/h3-6H,7-8H2,1-2H3,(H,15,16)(H,17,18). The summed E-state index contributed by atoms with van der Waals surface area (Å²) in [5.41, 5.74) is 0.141. The molecule has 0 atom stereocenters. The van der Waals surface area contributed by atoms with E-state index in [2.05, 4.69) is 21.2 Å². The Hall–Kier alpha value is -1.36. The van der Waals surface area contributed by atoms with Gasteiger partial charge in [0.25, 0.3) is 0 Å². The molecule has 1 aromatic rings. The maximum Gasteiger partial charge on any atom is 0.305 e. The molecule has 1 rings (SSSR count). The first-order chi connectivity index (χ1) is 8.28. The third kappa shape index (κ3) is 5.31. The molecule has 0 aliphatic rings. The normalized spacial score (nSPS) is 11.1. The maximum atomic E-state index is 11.8. The Morgan fingerprint density at radius 3 is 2.61 bits per heavy atom. The molecule has 0 fully saturated rings. The second-order valence-corrected chi connectivity index (χ2v) is 5.72. The lowest BCUT2D eigenvalue weighted by molar-refractivity contribution is -0.138. The quantitative estimate of drug-likeness (QED) is 0.877. The van der Waals surface area contributed by atoms with Crippen LogP contribution in [0.2, 0.25) is 0 Å². The third-order valence-electron chi connectivity index (χ3n) is 2.32. The fraction of sp³-hybridized carbons (Fsp3) is 0.385. The predicted molar refractivity (Wildman–Crippen MR) is 72.3 cm³/mol. The summed E-state index contributed by atoms with van der Waals surface area (Å²) < 4.78 is 0.914. The Balaban J connectivity index is 2.59. The number of hydrogen-bond acceptors (Lipinski definition) is 2. The average molecular weight is 314 g/mol. The molecule has 5 heteroatoms. The Morgan fingerprint density at radius 2 is 2.06 bits per heavy atom. The van der Waals surface area contributed by atoms with Crippen LogP contribution < -0.4 is 5.32 Å². The van der Waals surface area contributed by atoms with Crippen LogP contribution in [-0.4, -0.2) is 22.5 Å². The van der Waals surface area contributed by atoms with Crippen molar-refractivity contribution in [2.45, 2.75) is 32.2 Å². The number of rotatable bonds is 5. The van der Waals surface area contributed by atoms with Crippen molar-refractivity contribution in [2.75, 3.05) is 0 Å². The van der Waals surface area contributed by atoms with E-state index in [-0.39, 0.29) is 18.7 Å². The van der Waals surface area contributed by atoms with Gasteiger partial charge < -0.3 is 10.4 Å². The lowest BCUT2D eigenvalue weighted by atomic mass is 10.00. The number of halogens is 1. The van der Waals surface area contributed by atoms with Gasteiger partial charge in [-0.05, 0) is 31.5 Å². The highest BCUT2D eigenvalue weighted by Crippen LogP contribution is 2.13. The summed E-state index contributed by atoms with van der Waals surface area (Å²) in [7, 11) is 0. The number of aliphatic carboxylic acids is 1. The van der Waals surface area contributed by atoms with Crippen LogP contribution in [-0.2, 0) is 16.0 Å². The summed E-state index contributed by atoms with van der Waals surface area (Å²) in [4.78, 5) is 22.4. The highest BCUT2D eigenvalue weighted by molar-refractivity contribution is 9.10. The molecular weight excluding hydrogens is 298 g/mol. The van der Waals surface area contributed by atoms with E-state index >= 15 is 0 Å². The monoisotopic (exact) mass is 313 g/mol. The summed E-state index contributed by atoms with van der Waals surface area (Å²) in [6, 6.07) is 7.46. The molecule has 0 aromatic heterocycles. The summed E-state index contributed by atoms with van der Waals surface area (Å²) in [6.07, 6.45) is 0.139. The van der Waals surface area contributed by atoms with E-state index in [0.29, 0.717) is 0 Å². The fourth-order valence-corrected chi connectivity index (χ4v) is 2.12. The second kappa shape index (κ2) is 6.00. The topological polar surface area (TPSA) is 66.4 Å². The molecule has 0 saturated heterocycles. The molecule has 0 radical (unpaired) electrons. The summed E-state index contributed by atoms with van der Waals surface area (Å²) in [6.45, 7) is 3.39. The van der Waals surface area contributed by atoms with Crippen LogP contribution in [0.1, 0.15) is 25.8 Å². The Kier molecular flexibility index (Phi) is 4.90. The van der Waals surface area contributed by atoms with Gasteiger partial charge in [-0.3, -0.25) is 9.59 Å². The molecule has 1 aromatic carbocycles. The van der Waals surface area contributed by atoms with Crippen molar-refractivity contribution in [3.63, 3.8) is 0 Å². The minimum absolute atomic E-state index is 0.1000. The van der Waals surface area contributed by atoms with Crippen LogP contribution in [0.25, 0.3) is 0 Å². The number of carboxylic acids is 1. The van der Waals surface area contributed by atoms with Crippen molar-refractivity contribution in [3.8, 4) is 0 Å². The largest absolute Gasteiger partial charge is 0.481 e. The summed E-state index contributed by atoms with van der Waals surface area (Å²) in [5.74, 6) is -1.11. The van der Waals surface area contributed by atoms with E-state index in [1.54, 1.807) is 13.8 Å². The van der Waals surface area contributed by atoms with Crippen molar-refractivity contribution in [1.29, 1.82) is 0 Å². The van der Waals surface area contributed by atoms with E-state index in [1.165, 1.54) is 0 Å². The second-order valence-electron chi connectivity index (χ2n) is 4.81. The van der Waals surface area contributed by atoms with Gasteiger partial charge in [0.1, 0.15) is 0 Å². The molecule has 1 amide bonds. The van der Waals surface area contributed by atoms with E-state index in [9.17, 15) is 9.59 Å². The number of carbonyl (C=O) groups is 2. The SMILES string of the molecule is CC(C)(CC(=O)O)NC(=O)Cc1cccc(Br)c1. The van der Waals surface area contributed by atoms with E-state index in [4.69, 9.17) is 5.11 Å². The van der Waals surface area contributed by atoms with E-state index in [0.717, 1.165) is 10.0 Å². The molecule has 0 heterocycles. The Morgan fingerprint density at radius 1 is 1.39 bits per heavy atom. The highest BCUT2D eigenvalue weighted by atomic mass is 79.9. The number of carbonyl (C=O) groups excluding carboxylic acids is 1. The summed E-state index contributed by atoms with van der Waals surface area (Å²) >= 11 is 3.34. The van der Waals surface area contributed by atoms with Gasteiger partial charge >= 0.3 is 5.97 Å². The van der Waals surface area contributed by atoms with Gasteiger partial charge in [0.2, 0.25) is 5.91 Å². The molecule has 98 valence electrons. The first-order valence-corrected chi connectivity index (χ1v) is 6.35. The van der Waals surface area contributed by atoms with Gasteiger partial charge in [-0.1, -0.05) is 28.1 Å². The maximum absolute atomic E-state index is 11.8. The van der Waals surface area contributed by atoms with Crippen molar-refractivity contribution in [2.24, 2.45) is 0 Å². The first-order valence-electron chi connectivity index (χ1n) is 5.56. The van der Waals surface area contributed by atoms with Gasteiger partial charge in [-0.15, -0.1) is 0 Å². The van der Waals surface area contributed by atoms with Crippen LogP contribution in [0.15, 0.2) is 28.7 Å². The molecule has 2 N–H and O–H groups in total. The Labute approximate surface area is 115 Å². The Bertz CT molecular complexity index is 457. The van der Waals surface area contributed by atoms with Crippen LogP contribution in [0.5, 0.6) is 0 Å². The molecule has 0 aliphatic heterocycles. The molecule has 0 bridgehead atoms. The minimum atomic E-state index is -0.928. The van der Waals surface area contributed by atoms with Crippen LogP contribution in [0.4, 0.5) is 0 Å². The van der Waals surface area contributed by atoms with Crippen LogP contribution >= 0.6 is 15.9 Å². The number of benzene rings is 1.